The van der Waals surface area contributed by atoms with E-state index in [2.05, 4.69) is 35.7 Å². The lowest BCUT2D eigenvalue weighted by Gasteiger charge is -2.22. The summed E-state index contributed by atoms with van der Waals surface area (Å²) in [6.07, 6.45) is 12.8. The van der Waals surface area contributed by atoms with Crippen molar-refractivity contribution in [1.82, 2.24) is 5.32 Å². The van der Waals surface area contributed by atoms with Crippen LogP contribution in [0.5, 0.6) is 0 Å². The third-order valence-corrected chi connectivity index (χ3v) is 6.68. The minimum Gasteiger partial charge on any atom is -0.480 e. The standard InChI is InChI=1S/C24H29NO4/c26-23(27)22(14-13-16-7-1-2-8-16)25-24(28)29-15-21-19-11-5-3-9-17(19)18-10-4-6-12-20(18)21/h3-6,9-11,16,20-22H,1-2,7-8,12-15H2,(H,25,28)(H,26,27)/t20?,21?,22-/m1/s1. The maximum absolute atomic E-state index is 12.4. The molecule has 0 aliphatic heterocycles. The number of carbonyl (C=O) groups excluding carboxylic acids is 1. The second kappa shape index (κ2) is 8.85. The van der Waals surface area contributed by atoms with Gasteiger partial charge in [0.15, 0.2) is 0 Å². The number of aliphatic carboxylic acids is 1. The van der Waals surface area contributed by atoms with Crippen molar-refractivity contribution in [3.63, 3.8) is 0 Å². The van der Waals surface area contributed by atoms with Crippen LogP contribution in [0, 0.1) is 11.8 Å². The molecule has 0 spiro atoms. The van der Waals surface area contributed by atoms with Crippen LogP contribution in [-0.2, 0) is 9.53 Å². The topological polar surface area (TPSA) is 75.6 Å². The van der Waals surface area contributed by atoms with Crippen LogP contribution in [0.2, 0.25) is 0 Å². The Hall–Kier alpha value is -2.56. The summed E-state index contributed by atoms with van der Waals surface area (Å²) < 4.78 is 5.52. The molecule has 2 unspecified atom stereocenters. The molecule has 0 aromatic heterocycles. The Bertz CT molecular complexity index is 822. The van der Waals surface area contributed by atoms with E-state index in [0.29, 0.717) is 18.3 Å². The maximum Gasteiger partial charge on any atom is 0.407 e. The molecule has 3 atom stereocenters. The summed E-state index contributed by atoms with van der Waals surface area (Å²) in [5.74, 6) is 0.0146. The number of ether oxygens (including phenoxy) is 1. The Kier molecular flexibility index (Phi) is 6.02. The highest BCUT2D eigenvalue weighted by atomic mass is 16.5. The molecule has 0 radical (unpaired) electrons. The first-order valence-electron chi connectivity index (χ1n) is 10.8. The fourth-order valence-corrected chi connectivity index (χ4v) is 5.13. The van der Waals surface area contributed by atoms with Crippen molar-refractivity contribution in [3.8, 4) is 0 Å². The number of alkyl carbamates (subject to hydrolysis) is 1. The third kappa shape index (κ3) is 4.39. The summed E-state index contributed by atoms with van der Waals surface area (Å²) >= 11 is 0. The van der Waals surface area contributed by atoms with Gasteiger partial charge in [0.2, 0.25) is 0 Å². The van der Waals surface area contributed by atoms with Crippen molar-refractivity contribution in [1.29, 1.82) is 0 Å². The number of nitrogens with one attached hydrogen (secondary N) is 1. The largest absolute Gasteiger partial charge is 0.480 e. The zero-order valence-electron chi connectivity index (χ0n) is 16.7. The molecule has 154 valence electrons. The number of carbonyl (C=O) groups is 2. The van der Waals surface area contributed by atoms with Crippen molar-refractivity contribution in [2.24, 2.45) is 11.8 Å². The fourth-order valence-electron chi connectivity index (χ4n) is 5.13. The van der Waals surface area contributed by atoms with Crippen molar-refractivity contribution in [2.45, 2.75) is 56.9 Å². The average molecular weight is 395 g/mol. The average Bonchev–Trinajstić information content (AvgIpc) is 3.35. The lowest BCUT2D eigenvalue weighted by atomic mass is 9.86. The third-order valence-electron chi connectivity index (χ3n) is 6.68. The molecule has 1 aromatic rings. The normalized spacial score (nSPS) is 23.8. The van der Waals surface area contributed by atoms with Crippen LogP contribution in [0.1, 0.15) is 62.0 Å². The predicted molar refractivity (Wildman–Crippen MR) is 112 cm³/mol. The van der Waals surface area contributed by atoms with Gasteiger partial charge < -0.3 is 15.2 Å². The quantitative estimate of drug-likeness (QED) is 0.689. The van der Waals surface area contributed by atoms with Crippen LogP contribution in [0.4, 0.5) is 4.79 Å². The van der Waals surface area contributed by atoms with Crippen molar-refractivity contribution in [2.75, 3.05) is 6.61 Å². The molecule has 3 aliphatic carbocycles. The van der Waals surface area contributed by atoms with Crippen LogP contribution in [0.25, 0.3) is 5.57 Å². The number of carboxylic acid groups (broad SMARTS) is 1. The van der Waals surface area contributed by atoms with Gasteiger partial charge in [0, 0.05) is 5.92 Å². The highest BCUT2D eigenvalue weighted by Crippen LogP contribution is 2.49. The van der Waals surface area contributed by atoms with Crippen molar-refractivity contribution in [3.05, 3.63) is 53.6 Å². The number of fused-ring (bicyclic) bond motifs is 3. The van der Waals surface area contributed by atoms with Gasteiger partial charge in [-0.3, -0.25) is 0 Å². The Morgan fingerprint density at radius 1 is 1.21 bits per heavy atom. The highest BCUT2D eigenvalue weighted by Gasteiger charge is 2.37. The number of carboxylic acids is 1. The molecular weight excluding hydrogens is 366 g/mol. The van der Waals surface area contributed by atoms with Gasteiger partial charge in [0.25, 0.3) is 0 Å². The van der Waals surface area contributed by atoms with E-state index in [4.69, 9.17) is 4.74 Å². The number of allylic oxidation sites excluding steroid dienone is 4. The molecular formula is C24H29NO4. The zero-order valence-corrected chi connectivity index (χ0v) is 16.7. The Morgan fingerprint density at radius 2 is 2.00 bits per heavy atom. The van der Waals surface area contributed by atoms with Gasteiger partial charge in [0.1, 0.15) is 12.6 Å². The number of hydrogen-bond donors (Lipinski definition) is 2. The summed E-state index contributed by atoms with van der Waals surface area (Å²) in [6, 6.07) is 7.39. The summed E-state index contributed by atoms with van der Waals surface area (Å²) in [7, 11) is 0. The molecule has 4 rings (SSSR count). The van der Waals surface area contributed by atoms with E-state index in [1.807, 2.05) is 12.1 Å². The van der Waals surface area contributed by atoms with Gasteiger partial charge in [-0.25, -0.2) is 9.59 Å². The SMILES string of the molecule is O=C(N[C@H](CCC1CCCC1)C(=O)O)OCC1c2ccccc2C2=CC=CCC21. The van der Waals surface area contributed by atoms with Crippen LogP contribution in [-0.4, -0.2) is 29.8 Å². The fraction of sp³-hybridized carbons (Fsp3) is 0.500. The summed E-state index contributed by atoms with van der Waals surface area (Å²) in [6.45, 7) is 0.258. The van der Waals surface area contributed by atoms with Gasteiger partial charge in [-0.2, -0.15) is 0 Å². The second-order valence-electron chi connectivity index (χ2n) is 8.45. The lowest BCUT2D eigenvalue weighted by molar-refractivity contribution is -0.139. The molecule has 0 bridgehead atoms. The molecule has 1 amide bonds. The molecule has 29 heavy (non-hydrogen) atoms. The zero-order chi connectivity index (χ0) is 20.2. The van der Waals surface area contributed by atoms with Gasteiger partial charge in [-0.05, 0) is 47.8 Å². The van der Waals surface area contributed by atoms with Gasteiger partial charge in [-0.1, -0.05) is 68.2 Å². The van der Waals surface area contributed by atoms with E-state index < -0.39 is 18.1 Å². The Morgan fingerprint density at radius 3 is 2.79 bits per heavy atom. The number of benzene rings is 1. The first-order chi connectivity index (χ1) is 14.1. The molecule has 5 heteroatoms. The van der Waals surface area contributed by atoms with Crippen LogP contribution >= 0.6 is 0 Å². The van der Waals surface area contributed by atoms with E-state index in [1.165, 1.54) is 42.4 Å². The van der Waals surface area contributed by atoms with E-state index in [-0.39, 0.29) is 12.5 Å². The number of rotatable bonds is 7. The van der Waals surface area contributed by atoms with Crippen molar-refractivity contribution >= 4 is 17.6 Å². The Balaban J connectivity index is 1.34. The van der Waals surface area contributed by atoms with E-state index in [1.54, 1.807) is 0 Å². The highest BCUT2D eigenvalue weighted by molar-refractivity contribution is 5.80. The van der Waals surface area contributed by atoms with E-state index in [9.17, 15) is 14.7 Å². The first-order valence-corrected chi connectivity index (χ1v) is 10.8. The number of hydrogen-bond acceptors (Lipinski definition) is 3. The molecule has 0 heterocycles. The van der Waals surface area contributed by atoms with Crippen LogP contribution in [0.3, 0.4) is 0 Å². The molecule has 3 aliphatic rings. The van der Waals surface area contributed by atoms with Gasteiger partial charge in [0.05, 0.1) is 0 Å². The smallest absolute Gasteiger partial charge is 0.407 e. The summed E-state index contributed by atoms with van der Waals surface area (Å²) in [4.78, 5) is 23.9. The predicted octanol–water partition coefficient (Wildman–Crippen LogP) is 4.89. The Labute approximate surface area is 171 Å². The molecule has 1 aromatic carbocycles. The number of amides is 1. The minimum absolute atomic E-state index is 0.106. The molecule has 1 fully saturated rings. The van der Waals surface area contributed by atoms with E-state index in [0.717, 1.165) is 12.8 Å². The minimum atomic E-state index is -0.992. The van der Waals surface area contributed by atoms with Gasteiger partial charge >= 0.3 is 12.1 Å². The van der Waals surface area contributed by atoms with Crippen LogP contribution < -0.4 is 5.32 Å². The van der Waals surface area contributed by atoms with Crippen molar-refractivity contribution < 1.29 is 19.4 Å². The summed E-state index contributed by atoms with van der Waals surface area (Å²) in [5, 5.41) is 12.0. The maximum atomic E-state index is 12.4. The first kappa shape index (κ1) is 19.7. The van der Waals surface area contributed by atoms with E-state index >= 15 is 0 Å². The van der Waals surface area contributed by atoms with Gasteiger partial charge in [-0.15, -0.1) is 0 Å². The summed E-state index contributed by atoms with van der Waals surface area (Å²) in [5.41, 5.74) is 3.74. The molecule has 5 nitrogen and oxygen atoms in total. The molecule has 0 saturated heterocycles. The second-order valence-corrected chi connectivity index (χ2v) is 8.45. The molecule has 1 saturated carbocycles. The lowest BCUT2D eigenvalue weighted by Crippen LogP contribution is -2.41. The van der Waals surface area contributed by atoms with Crippen LogP contribution in [0.15, 0.2) is 42.5 Å². The molecule has 2 N–H and O–H groups in total. The monoisotopic (exact) mass is 395 g/mol.